The molecule has 1 saturated carbocycles. The minimum atomic E-state index is -0.265. The quantitative estimate of drug-likeness (QED) is 0.485. The number of hydrogen-bond donors (Lipinski definition) is 0. The van der Waals surface area contributed by atoms with Gasteiger partial charge in [0.15, 0.2) is 10.9 Å². The zero-order valence-corrected chi connectivity index (χ0v) is 10.7. The summed E-state index contributed by atoms with van der Waals surface area (Å²) in [7, 11) is 0. The average Bonchev–Trinajstić information content (AvgIpc) is 3.11. The van der Waals surface area contributed by atoms with Gasteiger partial charge in [-0.05, 0) is 25.2 Å². The van der Waals surface area contributed by atoms with Gasteiger partial charge in [-0.25, -0.2) is 9.97 Å². The minimum absolute atomic E-state index is 0.251. The fourth-order valence-corrected chi connectivity index (χ4v) is 2.31. The van der Waals surface area contributed by atoms with Gasteiger partial charge in [0, 0.05) is 12.1 Å². The number of rotatable bonds is 4. The maximum atomic E-state index is 11.8. The molecule has 5 heteroatoms. The number of carbonyl (C=O) groups is 1. The number of thioether (sulfide) groups is 1. The molecule has 1 heterocycles. The lowest BCUT2D eigenvalue weighted by Gasteiger charge is -2.07. The Balaban J connectivity index is 2.16. The maximum Gasteiger partial charge on any atom is 0.187 e. The van der Waals surface area contributed by atoms with Gasteiger partial charge >= 0.3 is 0 Å². The van der Waals surface area contributed by atoms with Crippen molar-refractivity contribution in [1.29, 1.82) is 0 Å². The van der Waals surface area contributed by atoms with Crippen LogP contribution in [0.25, 0.3) is 0 Å². The second kappa shape index (κ2) is 4.61. The summed E-state index contributed by atoms with van der Waals surface area (Å²) in [5.41, 5.74) is 0.770. The van der Waals surface area contributed by atoms with Gasteiger partial charge in [-0.15, -0.1) is 0 Å². The summed E-state index contributed by atoms with van der Waals surface area (Å²) in [6.07, 6.45) is 5.68. The average molecular weight is 287 g/mol. The molecular weight excluding hydrogens is 276 g/mol. The lowest BCUT2D eigenvalue weighted by atomic mass is 10.1. The molecule has 1 aromatic heterocycles. The van der Waals surface area contributed by atoms with Crippen LogP contribution in [0.2, 0.25) is 0 Å². The maximum absolute atomic E-state index is 11.8. The number of alkyl halides is 1. The molecule has 80 valence electrons. The van der Waals surface area contributed by atoms with Crippen molar-refractivity contribution in [3.8, 4) is 0 Å². The van der Waals surface area contributed by atoms with Crippen molar-refractivity contribution < 1.29 is 4.79 Å². The largest absolute Gasteiger partial charge is 0.298 e. The number of aromatic nitrogens is 2. The van der Waals surface area contributed by atoms with Gasteiger partial charge in [-0.1, -0.05) is 27.7 Å². The third kappa shape index (κ3) is 2.58. The van der Waals surface area contributed by atoms with E-state index >= 15 is 0 Å². The first-order chi connectivity index (χ1) is 7.22. The Morgan fingerprint density at radius 2 is 2.40 bits per heavy atom. The zero-order chi connectivity index (χ0) is 10.8. The van der Waals surface area contributed by atoms with Crippen LogP contribution in [0.4, 0.5) is 0 Å². The van der Waals surface area contributed by atoms with Crippen molar-refractivity contribution in [2.75, 3.05) is 6.26 Å². The van der Waals surface area contributed by atoms with Gasteiger partial charge in [0.1, 0.15) is 4.83 Å². The molecule has 1 aliphatic rings. The molecule has 0 saturated heterocycles. The van der Waals surface area contributed by atoms with Crippen LogP contribution in [-0.4, -0.2) is 22.0 Å². The summed E-state index contributed by atoms with van der Waals surface area (Å²) in [5, 5.41) is 0.709. The van der Waals surface area contributed by atoms with E-state index in [0.717, 1.165) is 18.5 Å². The Bertz CT molecular complexity index is 381. The van der Waals surface area contributed by atoms with Gasteiger partial charge in [-0.3, -0.25) is 4.79 Å². The smallest absolute Gasteiger partial charge is 0.187 e. The molecule has 2 rings (SSSR count). The van der Waals surface area contributed by atoms with Gasteiger partial charge in [0.2, 0.25) is 0 Å². The molecule has 15 heavy (non-hydrogen) atoms. The second-order valence-electron chi connectivity index (χ2n) is 3.51. The van der Waals surface area contributed by atoms with Crippen LogP contribution in [0.3, 0.4) is 0 Å². The van der Waals surface area contributed by atoms with Crippen molar-refractivity contribution in [1.82, 2.24) is 9.97 Å². The van der Waals surface area contributed by atoms with Crippen LogP contribution in [0.15, 0.2) is 17.4 Å². The summed E-state index contributed by atoms with van der Waals surface area (Å²) in [6, 6.07) is 1.79. The fourth-order valence-electron chi connectivity index (χ4n) is 1.31. The third-order valence-corrected chi connectivity index (χ3v) is 3.81. The van der Waals surface area contributed by atoms with E-state index in [-0.39, 0.29) is 16.5 Å². The third-order valence-electron chi connectivity index (χ3n) is 2.33. The lowest BCUT2D eigenvalue weighted by molar-refractivity contribution is -0.119. The normalized spacial score (nSPS) is 17.5. The van der Waals surface area contributed by atoms with Crippen LogP contribution >= 0.6 is 27.7 Å². The summed E-state index contributed by atoms with van der Waals surface area (Å²) >= 11 is 4.89. The molecule has 1 fully saturated rings. The van der Waals surface area contributed by atoms with E-state index in [1.54, 1.807) is 12.3 Å². The Labute approximate surface area is 101 Å². The highest BCUT2D eigenvalue weighted by molar-refractivity contribution is 9.09. The number of nitrogens with zero attached hydrogens (tertiary/aromatic N) is 2. The summed E-state index contributed by atoms with van der Waals surface area (Å²) in [6.45, 7) is 0. The van der Waals surface area contributed by atoms with E-state index in [4.69, 9.17) is 0 Å². The molecule has 1 aliphatic carbocycles. The Morgan fingerprint density at radius 3 is 3.00 bits per heavy atom. The van der Waals surface area contributed by atoms with Crippen molar-refractivity contribution in [2.45, 2.75) is 22.8 Å². The standard InChI is InChI=1S/C10H11BrN2OS/c1-15-10-12-5-4-7(13-10)8(11)9(14)6-2-3-6/h4-6,8H,2-3H2,1H3. The molecule has 0 aliphatic heterocycles. The van der Waals surface area contributed by atoms with E-state index < -0.39 is 0 Å². The van der Waals surface area contributed by atoms with Crippen molar-refractivity contribution in [3.05, 3.63) is 18.0 Å². The minimum Gasteiger partial charge on any atom is -0.298 e. The van der Waals surface area contributed by atoms with Crippen LogP contribution in [-0.2, 0) is 4.79 Å². The van der Waals surface area contributed by atoms with E-state index in [1.807, 2.05) is 6.26 Å². The molecule has 0 radical (unpaired) electrons. The number of hydrogen-bond acceptors (Lipinski definition) is 4. The topological polar surface area (TPSA) is 42.9 Å². The van der Waals surface area contributed by atoms with Crippen molar-refractivity contribution in [3.63, 3.8) is 0 Å². The molecule has 1 unspecified atom stereocenters. The van der Waals surface area contributed by atoms with E-state index in [1.165, 1.54) is 11.8 Å². The molecule has 0 amide bonds. The molecule has 0 aromatic carbocycles. The fraction of sp³-hybridized carbons (Fsp3) is 0.500. The Morgan fingerprint density at radius 1 is 1.67 bits per heavy atom. The van der Waals surface area contributed by atoms with Crippen molar-refractivity contribution in [2.24, 2.45) is 5.92 Å². The Hall–Kier alpha value is -0.420. The van der Waals surface area contributed by atoms with E-state index in [0.29, 0.717) is 5.16 Å². The van der Waals surface area contributed by atoms with Gasteiger partial charge < -0.3 is 0 Å². The number of halogens is 1. The predicted octanol–water partition coefficient (Wildman–Crippen LogP) is 2.61. The zero-order valence-electron chi connectivity index (χ0n) is 8.31. The van der Waals surface area contributed by atoms with Crippen LogP contribution in [0.1, 0.15) is 23.4 Å². The van der Waals surface area contributed by atoms with Gasteiger partial charge in [0.05, 0.1) is 5.69 Å². The summed E-state index contributed by atoms with van der Waals surface area (Å²) in [4.78, 5) is 19.9. The molecular formula is C10H11BrN2OS. The molecule has 0 spiro atoms. The summed E-state index contributed by atoms with van der Waals surface area (Å²) < 4.78 is 0. The number of Topliss-reactive ketones (excluding diaryl/α,β-unsaturated/α-hetero) is 1. The predicted molar refractivity (Wildman–Crippen MR) is 63.2 cm³/mol. The lowest BCUT2D eigenvalue weighted by Crippen LogP contribution is -2.10. The molecule has 1 atom stereocenters. The van der Waals surface area contributed by atoms with Crippen LogP contribution < -0.4 is 0 Å². The first-order valence-electron chi connectivity index (χ1n) is 4.77. The van der Waals surface area contributed by atoms with Crippen molar-refractivity contribution >= 4 is 33.5 Å². The molecule has 3 nitrogen and oxygen atoms in total. The number of ketones is 1. The highest BCUT2D eigenvalue weighted by Gasteiger charge is 2.34. The second-order valence-corrected chi connectivity index (χ2v) is 5.20. The monoisotopic (exact) mass is 286 g/mol. The van der Waals surface area contributed by atoms with Gasteiger partial charge in [0.25, 0.3) is 0 Å². The van der Waals surface area contributed by atoms with Crippen LogP contribution in [0, 0.1) is 5.92 Å². The first-order valence-corrected chi connectivity index (χ1v) is 6.91. The van der Waals surface area contributed by atoms with E-state index in [9.17, 15) is 4.79 Å². The number of carbonyl (C=O) groups excluding carboxylic acids is 1. The molecule has 0 N–H and O–H groups in total. The van der Waals surface area contributed by atoms with E-state index in [2.05, 4.69) is 25.9 Å². The SMILES string of the molecule is CSc1nccc(C(Br)C(=O)C2CC2)n1. The van der Waals surface area contributed by atoms with Crippen LogP contribution in [0.5, 0.6) is 0 Å². The molecule has 0 bridgehead atoms. The highest BCUT2D eigenvalue weighted by atomic mass is 79.9. The first kappa shape index (κ1) is 11.1. The summed E-state index contributed by atoms with van der Waals surface area (Å²) in [5.74, 6) is 0.503. The Kier molecular flexibility index (Phi) is 3.41. The molecule has 1 aromatic rings. The highest BCUT2D eigenvalue weighted by Crippen LogP contribution is 2.37. The van der Waals surface area contributed by atoms with Gasteiger partial charge in [-0.2, -0.15) is 0 Å².